The number of nitrogens with zero attached hydrogens (tertiary/aromatic N) is 2. The maximum absolute atomic E-state index is 5.51. The predicted octanol–water partition coefficient (Wildman–Crippen LogP) is 4.37. The van der Waals surface area contributed by atoms with Crippen LogP contribution in [0.3, 0.4) is 0 Å². The summed E-state index contributed by atoms with van der Waals surface area (Å²) in [5, 5.41) is 8.04. The molecule has 158 valence electrons. The number of rotatable bonds is 7. The molecule has 0 saturated heterocycles. The van der Waals surface area contributed by atoms with Crippen molar-refractivity contribution in [3.8, 4) is 11.5 Å². The first kappa shape index (κ1) is 20.2. The Balaban J connectivity index is 1.39. The van der Waals surface area contributed by atoms with Crippen LogP contribution in [0.15, 0.2) is 22.7 Å². The zero-order valence-corrected chi connectivity index (χ0v) is 18.0. The first-order valence-electron chi connectivity index (χ1n) is 10.8. The first-order chi connectivity index (χ1) is 14.0. The van der Waals surface area contributed by atoms with Gasteiger partial charge in [0.05, 0.1) is 27.2 Å². The van der Waals surface area contributed by atoms with E-state index in [2.05, 4.69) is 29.3 Å². The molecule has 2 atom stereocenters. The van der Waals surface area contributed by atoms with E-state index in [1.165, 1.54) is 32.1 Å². The van der Waals surface area contributed by atoms with Gasteiger partial charge < -0.3 is 19.3 Å². The molecule has 4 rings (SSSR count). The summed E-state index contributed by atoms with van der Waals surface area (Å²) in [4.78, 5) is 4.62. The molecule has 0 spiro atoms. The largest absolute Gasteiger partial charge is 0.493 e. The van der Waals surface area contributed by atoms with Crippen molar-refractivity contribution >= 4 is 0 Å². The smallest absolute Gasteiger partial charge is 0.231 e. The van der Waals surface area contributed by atoms with Gasteiger partial charge in [-0.15, -0.1) is 0 Å². The molecule has 2 aliphatic rings. The van der Waals surface area contributed by atoms with E-state index in [1.807, 2.05) is 18.2 Å². The van der Waals surface area contributed by atoms with Crippen molar-refractivity contribution < 1.29 is 14.0 Å². The van der Waals surface area contributed by atoms with Crippen LogP contribution in [0.4, 0.5) is 0 Å². The molecule has 0 radical (unpaired) electrons. The lowest BCUT2D eigenvalue weighted by Gasteiger charge is -2.50. The Bertz CT molecular complexity index is 815. The van der Waals surface area contributed by atoms with E-state index in [-0.39, 0.29) is 5.54 Å². The average molecular weight is 400 g/mol. The molecule has 0 amide bonds. The Morgan fingerprint density at radius 1 is 1.07 bits per heavy atom. The van der Waals surface area contributed by atoms with Crippen molar-refractivity contribution in [1.82, 2.24) is 15.5 Å². The SMILES string of the molecule is COc1ccc(Cc2nc(CNC34CC(C)CC(CC(C)C3)C4)no2)cc1OC. The molecule has 2 saturated carbocycles. The lowest BCUT2D eigenvalue weighted by molar-refractivity contribution is 0.0536. The van der Waals surface area contributed by atoms with Gasteiger partial charge in [-0.25, -0.2) is 0 Å². The molecule has 1 aromatic heterocycles. The van der Waals surface area contributed by atoms with E-state index in [4.69, 9.17) is 14.0 Å². The van der Waals surface area contributed by atoms with E-state index in [0.717, 1.165) is 29.1 Å². The van der Waals surface area contributed by atoms with E-state index >= 15 is 0 Å². The Morgan fingerprint density at radius 3 is 2.48 bits per heavy atom. The molecule has 2 unspecified atom stereocenters. The predicted molar refractivity (Wildman–Crippen MR) is 111 cm³/mol. The molecule has 2 bridgehead atoms. The molecular weight excluding hydrogens is 366 g/mol. The summed E-state index contributed by atoms with van der Waals surface area (Å²) >= 11 is 0. The highest BCUT2D eigenvalue weighted by atomic mass is 16.5. The van der Waals surface area contributed by atoms with E-state index in [1.54, 1.807) is 14.2 Å². The third-order valence-corrected chi connectivity index (χ3v) is 6.56. The Labute approximate surface area is 173 Å². The van der Waals surface area contributed by atoms with E-state index in [0.29, 0.717) is 30.4 Å². The van der Waals surface area contributed by atoms with Gasteiger partial charge in [0.15, 0.2) is 17.3 Å². The van der Waals surface area contributed by atoms with Gasteiger partial charge in [-0.05, 0) is 67.6 Å². The molecule has 2 fully saturated rings. The maximum atomic E-state index is 5.51. The van der Waals surface area contributed by atoms with Crippen molar-refractivity contribution in [2.45, 2.75) is 64.5 Å². The quantitative estimate of drug-likeness (QED) is 0.745. The topological polar surface area (TPSA) is 69.4 Å². The highest BCUT2D eigenvalue weighted by Gasteiger charge is 2.43. The molecule has 29 heavy (non-hydrogen) atoms. The van der Waals surface area contributed by atoms with Crippen molar-refractivity contribution in [2.24, 2.45) is 17.8 Å². The standard InChI is InChI=1S/C23H33N3O3/c1-15-7-18-8-16(2)12-23(11-15,13-18)24-14-21-25-22(29-26-21)10-17-5-6-19(27-3)20(9-17)28-4/h5-6,9,15-16,18,24H,7-8,10-14H2,1-4H3. The minimum Gasteiger partial charge on any atom is -0.493 e. The minimum absolute atomic E-state index is 0.240. The van der Waals surface area contributed by atoms with Gasteiger partial charge >= 0.3 is 0 Å². The lowest BCUT2D eigenvalue weighted by atomic mass is 9.61. The fourth-order valence-electron chi connectivity index (χ4n) is 5.79. The minimum atomic E-state index is 0.240. The van der Waals surface area contributed by atoms with Crippen LogP contribution in [-0.4, -0.2) is 29.9 Å². The summed E-state index contributed by atoms with van der Waals surface area (Å²) < 4.78 is 16.2. The second-order valence-corrected chi connectivity index (χ2v) is 9.26. The molecule has 1 heterocycles. The summed E-state index contributed by atoms with van der Waals surface area (Å²) in [6.45, 7) is 5.46. The monoisotopic (exact) mass is 399 g/mol. The fourth-order valence-corrected chi connectivity index (χ4v) is 5.79. The molecular formula is C23H33N3O3. The van der Waals surface area contributed by atoms with Crippen LogP contribution < -0.4 is 14.8 Å². The van der Waals surface area contributed by atoms with Crippen LogP contribution in [-0.2, 0) is 13.0 Å². The summed E-state index contributed by atoms with van der Waals surface area (Å²) in [5.41, 5.74) is 1.29. The fraction of sp³-hybridized carbons (Fsp3) is 0.652. The summed E-state index contributed by atoms with van der Waals surface area (Å²) in [7, 11) is 3.27. The van der Waals surface area contributed by atoms with Gasteiger partial charge in [0.1, 0.15) is 0 Å². The average Bonchev–Trinajstić information content (AvgIpc) is 3.12. The van der Waals surface area contributed by atoms with Gasteiger partial charge in [0.2, 0.25) is 5.89 Å². The van der Waals surface area contributed by atoms with Crippen molar-refractivity contribution in [3.63, 3.8) is 0 Å². The van der Waals surface area contributed by atoms with Gasteiger partial charge in [0, 0.05) is 5.54 Å². The number of nitrogens with one attached hydrogen (secondary N) is 1. The summed E-state index contributed by atoms with van der Waals surface area (Å²) in [6.07, 6.45) is 7.14. The number of hydrogen-bond acceptors (Lipinski definition) is 6. The van der Waals surface area contributed by atoms with Crippen LogP contribution in [0.25, 0.3) is 0 Å². The number of hydrogen-bond donors (Lipinski definition) is 1. The number of ether oxygens (including phenoxy) is 2. The van der Waals surface area contributed by atoms with Gasteiger partial charge in [-0.1, -0.05) is 25.1 Å². The second kappa shape index (κ2) is 8.34. The third-order valence-electron chi connectivity index (χ3n) is 6.56. The molecule has 2 aliphatic carbocycles. The maximum Gasteiger partial charge on any atom is 0.231 e. The third kappa shape index (κ3) is 4.58. The summed E-state index contributed by atoms with van der Waals surface area (Å²) in [6, 6.07) is 5.85. The number of aromatic nitrogens is 2. The lowest BCUT2D eigenvalue weighted by Crippen LogP contribution is -2.54. The van der Waals surface area contributed by atoms with Crippen molar-refractivity contribution in [3.05, 3.63) is 35.5 Å². The van der Waals surface area contributed by atoms with Crippen molar-refractivity contribution in [1.29, 1.82) is 0 Å². The van der Waals surface area contributed by atoms with Gasteiger partial charge in [0.25, 0.3) is 0 Å². The van der Waals surface area contributed by atoms with E-state index in [9.17, 15) is 0 Å². The normalized spacial score (nSPS) is 28.9. The van der Waals surface area contributed by atoms with E-state index < -0.39 is 0 Å². The summed E-state index contributed by atoms with van der Waals surface area (Å²) in [5.74, 6) is 5.23. The number of fused-ring (bicyclic) bond motifs is 2. The van der Waals surface area contributed by atoms with Crippen LogP contribution in [0.1, 0.15) is 63.2 Å². The highest BCUT2D eigenvalue weighted by molar-refractivity contribution is 5.43. The molecule has 2 aromatic rings. The van der Waals surface area contributed by atoms with Crippen LogP contribution in [0.5, 0.6) is 11.5 Å². The Hall–Kier alpha value is -2.08. The molecule has 1 aromatic carbocycles. The van der Waals surface area contributed by atoms with Crippen LogP contribution >= 0.6 is 0 Å². The van der Waals surface area contributed by atoms with Crippen LogP contribution in [0.2, 0.25) is 0 Å². The number of benzene rings is 1. The van der Waals surface area contributed by atoms with Crippen molar-refractivity contribution in [2.75, 3.05) is 14.2 Å². The first-order valence-corrected chi connectivity index (χ1v) is 10.8. The second-order valence-electron chi connectivity index (χ2n) is 9.26. The molecule has 1 N–H and O–H groups in total. The highest BCUT2D eigenvalue weighted by Crippen LogP contribution is 2.47. The zero-order valence-electron chi connectivity index (χ0n) is 18.0. The van der Waals surface area contributed by atoms with Gasteiger partial charge in [-0.3, -0.25) is 0 Å². The Morgan fingerprint density at radius 2 is 1.79 bits per heavy atom. The number of methoxy groups -OCH3 is 2. The van der Waals surface area contributed by atoms with Crippen LogP contribution in [0, 0.1) is 17.8 Å². The zero-order chi connectivity index (χ0) is 20.4. The Kier molecular flexibility index (Phi) is 5.81. The molecule has 6 heteroatoms. The molecule has 0 aliphatic heterocycles. The van der Waals surface area contributed by atoms with Gasteiger partial charge in [-0.2, -0.15) is 4.98 Å². The molecule has 6 nitrogen and oxygen atoms in total.